The summed E-state index contributed by atoms with van der Waals surface area (Å²) in [5, 5.41) is 13.9. The molecule has 5 rings (SSSR count). The number of halogens is 1. The fourth-order valence-electron chi connectivity index (χ4n) is 5.00. The SMILES string of the molecule is COc1cnc(Cl)cc1-c1cc(C)ncc1C(=O)Nc1nc2ncc(C3CCC(C(C)(C)O)CC3)nc2s1. The summed E-state index contributed by atoms with van der Waals surface area (Å²) in [5.41, 5.74) is 3.11. The standard InChI is InChI=1S/C27H29ClN6O3S/c1-14-9-17(18-10-22(28)30-13-21(18)37-4)19(11-29-14)24(35)34-26-33-23-25(38-26)32-20(12-31-23)15-5-7-16(8-6-15)27(2,3)36/h9-13,15-16,36H,5-8H2,1-4H3,(H,31,33,34,35). The first-order valence-electron chi connectivity index (χ1n) is 12.5. The maximum atomic E-state index is 13.4. The molecule has 0 spiro atoms. The number of hydrogen-bond acceptors (Lipinski definition) is 9. The number of methoxy groups -OCH3 is 1. The number of hydrogen-bond donors (Lipinski definition) is 2. The molecular weight excluding hydrogens is 524 g/mol. The van der Waals surface area contributed by atoms with Gasteiger partial charge in [-0.2, -0.15) is 4.98 Å². The van der Waals surface area contributed by atoms with Crippen molar-refractivity contribution in [3.8, 4) is 16.9 Å². The van der Waals surface area contributed by atoms with Gasteiger partial charge in [-0.05, 0) is 64.5 Å². The largest absolute Gasteiger partial charge is 0.494 e. The molecule has 0 bridgehead atoms. The Labute approximate surface area is 229 Å². The van der Waals surface area contributed by atoms with Gasteiger partial charge in [0, 0.05) is 28.9 Å². The molecular formula is C27H29ClN6O3S. The number of fused-ring (bicyclic) bond motifs is 1. The van der Waals surface area contributed by atoms with Crippen LogP contribution in [0.1, 0.15) is 67.2 Å². The van der Waals surface area contributed by atoms with Gasteiger partial charge in [0.1, 0.15) is 10.9 Å². The molecule has 4 aromatic heterocycles. The predicted octanol–water partition coefficient (Wildman–Crippen LogP) is 5.81. The number of pyridine rings is 2. The number of thiazole rings is 1. The van der Waals surface area contributed by atoms with Crippen molar-refractivity contribution in [1.29, 1.82) is 0 Å². The van der Waals surface area contributed by atoms with Gasteiger partial charge in [-0.15, -0.1) is 0 Å². The molecule has 9 nitrogen and oxygen atoms in total. The van der Waals surface area contributed by atoms with Crippen molar-refractivity contribution < 1.29 is 14.6 Å². The molecule has 1 aliphatic carbocycles. The molecule has 2 N–H and O–H groups in total. The summed E-state index contributed by atoms with van der Waals surface area (Å²) in [5.74, 6) is 0.720. The molecule has 198 valence electrons. The summed E-state index contributed by atoms with van der Waals surface area (Å²) in [6.45, 7) is 5.62. The number of nitrogens with one attached hydrogen (secondary N) is 1. The molecule has 11 heteroatoms. The number of aryl methyl sites for hydroxylation is 1. The molecule has 1 fully saturated rings. The van der Waals surface area contributed by atoms with E-state index < -0.39 is 5.60 Å². The average Bonchev–Trinajstić information content (AvgIpc) is 3.29. The number of aliphatic hydroxyl groups is 1. The fraction of sp³-hybridized carbons (Fsp3) is 0.407. The lowest BCUT2D eigenvalue weighted by molar-refractivity contribution is -0.00172. The van der Waals surface area contributed by atoms with E-state index in [0.717, 1.165) is 37.1 Å². The zero-order valence-electron chi connectivity index (χ0n) is 21.7. The first kappa shape index (κ1) is 26.4. The molecule has 38 heavy (non-hydrogen) atoms. The molecule has 1 amide bonds. The summed E-state index contributed by atoms with van der Waals surface area (Å²) >= 11 is 7.44. The third kappa shape index (κ3) is 5.48. The Balaban J connectivity index is 1.38. The molecule has 4 heterocycles. The third-order valence-electron chi connectivity index (χ3n) is 7.14. The number of aromatic nitrogens is 5. The van der Waals surface area contributed by atoms with E-state index >= 15 is 0 Å². The van der Waals surface area contributed by atoms with Gasteiger partial charge in [-0.3, -0.25) is 15.1 Å². The van der Waals surface area contributed by atoms with E-state index in [-0.39, 0.29) is 11.1 Å². The number of anilines is 1. The second-order valence-electron chi connectivity index (χ2n) is 10.2. The van der Waals surface area contributed by atoms with Crippen LogP contribution in [0.5, 0.6) is 5.75 Å². The number of nitrogens with zero attached hydrogens (tertiary/aromatic N) is 5. The lowest BCUT2D eigenvalue weighted by Gasteiger charge is -2.35. The van der Waals surface area contributed by atoms with Crippen molar-refractivity contribution >= 4 is 44.5 Å². The Morgan fingerprint density at radius 1 is 1.08 bits per heavy atom. The van der Waals surface area contributed by atoms with Crippen molar-refractivity contribution in [2.45, 2.75) is 58.0 Å². The average molecular weight is 553 g/mol. The highest BCUT2D eigenvalue weighted by atomic mass is 35.5. The van der Waals surface area contributed by atoms with Gasteiger partial charge in [0.05, 0.1) is 36.4 Å². The molecule has 0 saturated heterocycles. The van der Waals surface area contributed by atoms with Crippen molar-refractivity contribution in [1.82, 2.24) is 24.9 Å². The molecule has 1 saturated carbocycles. The lowest BCUT2D eigenvalue weighted by atomic mass is 9.74. The second-order valence-corrected chi connectivity index (χ2v) is 11.5. The van der Waals surface area contributed by atoms with Gasteiger partial charge >= 0.3 is 0 Å². The van der Waals surface area contributed by atoms with Crippen LogP contribution >= 0.6 is 22.9 Å². The van der Waals surface area contributed by atoms with Gasteiger partial charge in [0.15, 0.2) is 15.6 Å². The van der Waals surface area contributed by atoms with Crippen molar-refractivity contribution in [2.24, 2.45) is 5.92 Å². The van der Waals surface area contributed by atoms with Crippen LogP contribution in [-0.4, -0.2) is 48.6 Å². The monoisotopic (exact) mass is 552 g/mol. The highest BCUT2D eigenvalue weighted by Gasteiger charge is 2.32. The first-order valence-corrected chi connectivity index (χ1v) is 13.7. The van der Waals surface area contributed by atoms with Gasteiger partial charge in [0.25, 0.3) is 5.91 Å². The number of amides is 1. The molecule has 4 aromatic rings. The molecule has 0 radical (unpaired) electrons. The Morgan fingerprint density at radius 2 is 1.84 bits per heavy atom. The van der Waals surface area contributed by atoms with E-state index in [9.17, 15) is 9.90 Å². The zero-order valence-corrected chi connectivity index (χ0v) is 23.2. The number of ether oxygens (including phenoxy) is 1. The van der Waals surface area contributed by atoms with Gasteiger partial charge in [-0.25, -0.2) is 15.0 Å². The van der Waals surface area contributed by atoms with Gasteiger partial charge in [-0.1, -0.05) is 22.9 Å². The summed E-state index contributed by atoms with van der Waals surface area (Å²) in [7, 11) is 1.54. The van der Waals surface area contributed by atoms with E-state index in [2.05, 4.69) is 25.3 Å². The summed E-state index contributed by atoms with van der Waals surface area (Å²) in [6.07, 6.45) is 8.67. The number of carbonyl (C=O) groups excluding carboxylic acids is 1. The normalized spacial score (nSPS) is 17.9. The molecule has 1 aliphatic rings. The van der Waals surface area contributed by atoms with E-state index in [1.807, 2.05) is 26.8 Å². The van der Waals surface area contributed by atoms with Crippen LogP contribution in [0.2, 0.25) is 5.15 Å². The maximum Gasteiger partial charge on any atom is 0.259 e. The zero-order chi connectivity index (χ0) is 27.0. The quantitative estimate of drug-likeness (QED) is 0.287. The minimum absolute atomic E-state index is 0.286. The minimum atomic E-state index is -0.660. The minimum Gasteiger partial charge on any atom is -0.494 e. The highest BCUT2D eigenvalue weighted by molar-refractivity contribution is 7.21. The topological polar surface area (TPSA) is 123 Å². The van der Waals surface area contributed by atoms with E-state index in [4.69, 9.17) is 21.3 Å². The molecule has 0 aromatic carbocycles. The Bertz CT molecular complexity index is 1490. The van der Waals surface area contributed by atoms with Crippen LogP contribution in [-0.2, 0) is 0 Å². The number of rotatable bonds is 6. The van der Waals surface area contributed by atoms with Gasteiger partial charge < -0.3 is 9.84 Å². The summed E-state index contributed by atoms with van der Waals surface area (Å²) in [6, 6.07) is 3.47. The Kier molecular flexibility index (Phi) is 7.30. The van der Waals surface area contributed by atoms with Crippen LogP contribution in [0.3, 0.4) is 0 Å². The first-order chi connectivity index (χ1) is 18.1. The van der Waals surface area contributed by atoms with Crippen LogP contribution in [0.25, 0.3) is 21.6 Å². The van der Waals surface area contributed by atoms with Crippen LogP contribution in [0.4, 0.5) is 5.13 Å². The molecule has 0 aliphatic heterocycles. The summed E-state index contributed by atoms with van der Waals surface area (Å²) < 4.78 is 5.46. The number of carbonyl (C=O) groups is 1. The second kappa shape index (κ2) is 10.5. The molecule has 0 atom stereocenters. The van der Waals surface area contributed by atoms with E-state index in [0.29, 0.717) is 49.9 Å². The van der Waals surface area contributed by atoms with Crippen LogP contribution in [0, 0.1) is 12.8 Å². The highest BCUT2D eigenvalue weighted by Crippen LogP contribution is 2.40. The van der Waals surface area contributed by atoms with Crippen molar-refractivity contribution in [2.75, 3.05) is 12.4 Å². The van der Waals surface area contributed by atoms with Crippen molar-refractivity contribution in [3.05, 3.63) is 52.8 Å². The molecule has 0 unspecified atom stereocenters. The predicted molar refractivity (Wildman–Crippen MR) is 148 cm³/mol. The Hall–Kier alpha value is -3.21. The van der Waals surface area contributed by atoms with Gasteiger partial charge in [0.2, 0.25) is 0 Å². The van der Waals surface area contributed by atoms with Crippen LogP contribution in [0.15, 0.2) is 30.7 Å². The fourth-order valence-corrected chi connectivity index (χ4v) is 5.96. The lowest BCUT2D eigenvalue weighted by Crippen LogP contribution is -2.33. The van der Waals surface area contributed by atoms with Crippen LogP contribution < -0.4 is 10.1 Å². The maximum absolute atomic E-state index is 13.4. The Morgan fingerprint density at radius 3 is 2.55 bits per heavy atom. The third-order valence-corrected chi connectivity index (χ3v) is 8.20. The van der Waals surface area contributed by atoms with Crippen molar-refractivity contribution in [3.63, 3.8) is 0 Å². The summed E-state index contributed by atoms with van der Waals surface area (Å²) in [4.78, 5) is 36.3. The smallest absolute Gasteiger partial charge is 0.259 e. The van der Waals surface area contributed by atoms with E-state index in [1.165, 1.54) is 30.8 Å². The van der Waals surface area contributed by atoms with E-state index in [1.54, 1.807) is 12.3 Å².